The van der Waals surface area contributed by atoms with E-state index in [1.54, 1.807) is 6.07 Å². The molecule has 2 atom stereocenters. The van der Waals surface area contributed by atoms with Gasteiger partial charge in [0.2, 0.25) is 0 Å². The van der Waals surface area contributed by atoms with Crippen molar-refractivity contribution >= 4 is 11.8 Å². The highest BCUT2D eigenvalue weighted by Crippen LogP contribution is 2.45. The second-order valence-corrected chi connectivity index (χ2v) is 6.97. The molecule has 2 N–H and O–H groups in total. The summed E-state index contributed by atoms with van der Waals surface area (Å²) in [5.41, 5.74) is 2.21. The highest BCUT2D eigenvalue weighted by atomic mass is 19.1. The zero-order chi connectivity index (χ0) is 19.0. The van der Waals surface area contributed by atoms with Crippen LogP contribution in [-0.2, 0) is 0 Å². The van der Waals surface area contributed by atoms with Crippen molar-refractivity contribution in [2.24, 2.45) is 0 Å². The first-order chi connectivity index (χ1) is 13.1. The number of halogens is 1. The normalized spacial score (nSPS) is 20.5. The molecule has 2 aliphatic rings. The first kappa shape index (κ1) is 17.5. The summed E-state index contributed by atoms with van der Waals surface area (Å²) in [6.07, 6.45) is 1.21. The summed E-state index contributed by atoms with van der Waals surface area (Å²) in [6.45, 7) is -0.689. The van der Waals surface area contributed by atoms with Crippen LogP contribution in [0.2, 0.25) is 0 Å². The van der Waals surface area contributed by atoms with E-state index in [4.69, 9.17) is 4.74 Å². The van der Waals surface area contributed by atoms with Crippen molar-refractivity contribution in [1.29, 1.82) is 0 Å². The number of ether oxygens (including phenoxy) is 1. The molecule has 140 valence electrons. The van der Waals surface area contributed by atoms with Crippen LogP contribution in [0.3, 0.4) is 0 Å². The lowest BCUT2D eigenvalue weighted by Crippen LogP contribution is -2.26. The maximum atomic E-state index is 13.7. The standard InChI is InChI=1S/C21H21FN2O3/c1-23-21(26)16-10-13(20(25)24-14-7-8-14)9-15-18(12-5-3-2-4-6-12)17(11-22)27-19(15)16/h2-6,9-10,14,17-18H,7-8,11H2,1H3,(H,23,26)(H,24,25)/t17-,18?/m0/s1. The van der Waals surface area contributed by atoms with Gasteiger partial charge in [-0.2, -0.15) is 0 Å². The SMILES string of the molecule is CNC(=O)c1cc(C(=O)NC2CC2)cc2c1O[C@@H](CF)C2c1ccccc1. The quantitative estimate of drug-likeness (QED) is 0.853. The van der Waals surface area contributed by atoms with Crippen LogP contribution in [0.1, 0.15) is 50.6 Å². The predicted octanol–water partition coefficient (Wildman–Crippen LogP) is 2.80. The molecule has 0 aromatic heterocycles. The number of rotatable bonds is 5. The fourth-order valence-electron chi connectivity index (χ4n) is 3.54. The van der Waals surface area contributed by atoms with Gasteiger partial charge in [-0.05, 0) is 30.5 Å². The minimum Gasteiger partial charge on any atom is -0.486 e. The van der Waals surface area contributed by atoms with Gasteiger partial charge in [0.1, 0.15) is 18.5 Å². The molecule has 6 heteroatoms. The minimum atomic E-state index is -0.729. The Bertz CT molecular complexity index is 880. The number of carbonyl (C=O) groups is 2. The Labute approximate surface area is 156 Å². The van der Waals surface area contributed by atoms with Crippen LogP contribution in [0.15, 0.2) is 42.5 Å². The summed E-state index contributed by atoms with van der Waals surface area (Å²) in [7, 11) is 1.52. The van der Waals surface area contributed by atoms with E-state index in [9.17, 15) is 14.0 Å². The zero-order valence-electron chi connectivity index (χ0n) is 15.0. The number of fused-ring (bicyclic) bond motifs is 1. The van der Waals surface area contributed by atoms with E-state index in [2.05, 4.69) is 10.6 Å². The third-order valence-electron chi connectivity index (χ3n) is 5.05. The van der Waals surface area contributed by atoms with Gasteiger partial charge in [-0.3, -0.25) is 9.59 Å². The number of nitrogens with one attached hydrogen (secondary N) is 2. The van der Waals surface area contributed by atoms with E-state index in [0.29, 0.717) is 16.9 Å². The van der Waals surface area contributed by atoms with Crippen LogP contribution in [0, 0.1) is 0 Å². The van der Waals surface area contributed by atoms with Gasteiger partial charge in [0.05, 0.1) is 11.5 Å². The lowest BCUT2D eigenvalue weighted by molar-refractivity contribution is 0.0951. The molecule has 0 bridgehead atoms. The van der Waals surface area contributed by atoms with E-state index in [1.807, 2.05) is 30.3 Å². The van der Waals surface area contributed by atoms with Crippen LogP contribution in [0.5, 0.6) is 5.75 Å². The number of hydrogen-bond donors (Lipinski definition) is 2. The molecule has 27 heavy (non-hydrogen) atoms. The summed E-state index contributed by atoms with van der Waals surface area (Å²) in [5.74, 6) is -0.600. The molecule has 0 radical (unpaired) electrons. The second-order valence-electron chi connectivity index (χ2n) is 6.97. The first-order valence-electron chi connectivity index (χ1n) is 9.10. The fraction of sp³-hybridized carbons (Fsp3) is 0.333. The predicted molar refractivity (Wildman–Crippen MR) is 99.0 cm³/mol. The van der Waals surface area contributed by atoms with Crippen LogP contribution in [-0.4, -0.2) is 37.7 Å². The summed E-state index contributed by atoms with van der Waals surface area (Å²) in [5, 5.41) is 5.51. The highest BCUT2D eigenvalue weighted by Gasteiger charge is 2.39. The van der Waals surface area contributed by atoms with Gasteiger partial charge in [0, 0.05) is 24.2 Å². The molecule has 1 fully saturated rings. The average Bonchev–Trinajstić information content (AvgIpc) is 3.43. The van der Waals surface area contributed by atoms with Gasteiger partial charge in [0.15, 0.2) is 0 Å². The van der Waals surface area contributed by atoms with Crippen LogP contribution in [0.25, 0.3) is 0 Å². The van der Waals surface area contributed by atoms with Crippen LogP contribution >= 0.6 is 0 Å². The van der Waals surface area contributed by atoms with Crippen molar-refractivity contribution in [1.82, 2.24) is 10.6 Å². The lowest BCUT2D eigenvalue weighted by atomic mass is 9.86. The minimum absolute atomic E-state index is 0.203. The largest absolute Gasteiger partial charge is 0.486 e. The van der Waals surface area contributed by atoms with Gasteiger partial charge >= 0.3 is 0 Å². The van der Waals surface area contributed by atoms with E-state index in [0.717, 1.165) is 18.4 Å². The van der Waals surface area contributed by atoms with Gasteiger partial charge in [-0.15, -0.1) is 0 Å². The van der Waals surface area contributed by atoms with Crippen LogP contribution in [0.4, 0.5) is 4.39 Å². The van der Waals surface area contributed by atoms with Gasteiger partial charge < -0.3 is 15.4 Å². The molecule has 5 nitrogen and oxygen atoms in total. The Morgan fingerprint density at radius 2 is 1.89 bits per heavy atom. The van der Waals surface area contributed by atoms with E-state index in [1.165, 1.54) is 13.1 Å². The van der Waals surface area contributed by atoms with Crippen molar-refractivity contribution in [2.45, 2.75) is 30.9 Å². The van der Waals surface area contributed by atoms with Crippen molar-refractivity contribution in [2.75, 3.05) is 13.7 Å². The lowest BCUT2D eigenvalue weighted by Gasteiger charge is -2.16. The Balaban J connectivity index is 1.83. The summed E-state index contributed by atoms with van der Waals surface area (Å²) in [4.78, 5) is 25.0. The third-order valence-corrected chi connectivity index (χ3v) is 5.05. The van der Waals surface area contributed by atoms with E-state index in [-0.39, 0.29) is 29.3 Å². The fourth-order valence-corrected chi connectivity index (χ4v) is 3.54. The Morgan fingerprint density at radius 1 is 1.15 bits per heavy atom. The number of hydrogen-bond acceptors (Lipinski definition) is 3. The zero-order valence-corrected chi connectivity index (χ0v) is 15.0. The molecule has 2 amide bonds. The maximum absolute atomic E-state index is 13.7. The molecule has 0 saturated heterocycles. The molecule has 2 aromatic carbocycles. The number of carbonyl (C=O) groups excluding carboxylic acids is 2. The first-order valence-corrected chi connectivity index (χ1v) is 9.10. The molecule has 1 aliphatic carbocycles. The van der Waals surface area contributed by atoms with Crippen molar-refractivity contribution < 1.29 is 18.7 Å². The molecule has 2 aromatic rings. The average molecular weight is 368 g/mol. The highest BCUT2D eigenvalue weighted by molar-refractivity contribution is 6.02. The van der Waals surface area contributed by atoms with Crippen molar-refractivity contribution in [3.63, 3.8) is 0 Å². The monoisotopic (exact) mass is 368 g/mol. The van der Waals surface area contributed by atoms with Crippen molar-refractivity contribution in [3.05, 3.63) is 64.7 Å². The molecular weight excluding hydrogens is 347 g/mol. The summed E-state index contributed by atoms with van der Waals surface area (Å²) >= 11 is 0. The number of alkyl halides is 1. The number of benzene rings is 2. The number of amides is 2. The third kappa shape index (κ3) is 3.27. The van der Waals surface area contributed by atoms with Gasteiger partial charge in [0.25, 0.3) is 11.8 Å². The molecule has 1 heterocycles. The van der Waals surface area contributed by atoms with E-state index >= 15 is 0 Å². The Kier molecular flexibility index (Phi) is 4.56. The molecule has 4 rings (SSSR count). The van der Waals surface area contributed by atoms with E-state index < -0.39 is 12.8 Å². The smallest absolute Gasteiger partial charge is 0.254 e. The summed E-state index contributed by atoms with van der Waals surface area (Å²) < 4.78 is 19.6. The molecular formula is C21H21FN2O3. The van der Waals surface area contributed by atoms with Gasteiger partial charge in [-0.1, -0.05) is 30.3 Å². The second kappa shape index (κ2) is 7.02. The molecule has 1 aliphatic heterocycles. The molecule has 1 saturated carbocycles. The Hall–Kier alpha value is -2.89. The molecule has 1 unspecified atom stereocenters. The molecule has 0 spiro atoms. The van der Waals surface area contributed by atoms with Crippen molar-refractivity contribution in [3.8, 4) is 5.75 Å². The van der Waals surface area contributed by atoms with Gasteiger partial charge in [-0.25, -0.2) is 4.39 Å². The summed E-state index contributed by atoms with van der Waals surface area (Å²) in [6, 6.07) is 12.9. The maximum Gasteiger partial charge on any atom is 0.254 e. The Morgan fingerprint density at radius 3 is 2.52 bits per heavy atom. The van der Waals surface area contributed by atoms with Crippen LogP contribution < -0.4 is 15.4 Å². The topological polar surface area (TPSA) is 67.4 Å².